The molecule has 0 spiro atoms. The van der Waals surface area contributed by atoms with Crippen LogP contribution in [0.3, 0.4) is 0 Å². The van der Waals surface area contributed by atoms with E-state index in [1.807, 2.05) is 30.1 Å². The normalized spacial score (nSPS) is 13.1. The van der Waals surface area contributed by atoms with Crippen LogP contribution in [0.5, 0.6) is 0 Å². The lowest BCUT2D eigenvalue weighted by molar-refractivity contribution is 0.822. The Kier molecular flexibility index (Phi) is 5.64. The highest BCUT2D eigenvalue weighted by Crippen LogP contribution is 2.25. The molecular formula is C11H20N2S2. The molecule has 86 valence electrons. The maximum atomic E-state index is 4.59. The Balaban J connectivity index is 2.51. The third-order valence-electron chi connectivity index (χ3n) is 2.34. The Morgan fingerprint density at radius 1 is 1.53 bits per heavy atom. The molecule has 0 saturated carbocycles. The van der Waals surface area contributed by atoms with Gasteiger partial charge in [-0.15, -0.1) is 11.3 Å². The lowest BCUT2D eigenvalue weighted by Gasteiger charge is -2.05. The molecule has 1 unspecified atom stereocenters. The molecule has 0 saturated heterocycles. The highest BCUT2D eigenvalue weighted by molar-refractivity contribution is 7.99. The molecule has 0 aliphatic rings. The molecular weight excluding hydrogens is 224 g/mol. The first-order valence-corrected chi connectivity index (χ1v) is 7.25. The van der Waals surface area contributed by atoms with E-state index < -0.39 is 0 Å². The third kappa shape index (κ3) is 4.13. The van der Waals surface area contributed by atoms with Crippen molar-refractivity contribution in [2.45, 2.75) is 44.7 Å². The summed E-state index contributed by atoms with van der Waals surface area (Å²) in [6, 6.07) is 0. The predicted octanol–water partition coefficient (Wildman–Crippen LogP) is 3.20. The lowest BCUT2D eigenvalue weighted by atomic mass is 10.4. The van der Waals surface area contributed by atoms with Crippen LogP contribution in [0.15, 0.2) is 0 Å². The van der Waals surface area contributed by atoms with Crippen LogP contribution in [0.2, 0.25) is 0 Å². The highest BCUT2D eigenvalue weighted by Gasteiger charge is 2.08. The van der Waals surface area contributed by atoms with Crippen molar-refractivity contribution in [3.8, 4) is 0 Å². The van der Waals surface area contributed by atoms with Crippen molar-refractivity contribution in [3.05, 3.63) is 15.6 Å². The van der Waals surface area contributed by atoms with Crippen molar-refractivity contribution < 1.29 is 0 Å². The van der Waals surface area contributed by atoms with E-state index >= 15 is 0 Å². The number of nitrogens with zero attached hydrogens (tertiary/aromatic N) is 1. The molecule has 0 bridgehead atoms. The standard InChI is InChI=1S/C11H20N2S2/c1-5-8(2)14-7-11-13-9(3)10(15-11)6-12-4/h8,12H,5-7H2,1-4H3. The zero-order valence-electron chi connectivity index (χ0n) is 9.96. The fourth-order valence-electron chi connectivity index (χ4n) is 1.21. The van der Waals surface area contributed by atoms with Crippen LogP contribution < -0.4 is 5.32 Å². The Morgan fingerprint density at radius 3 is 2.87 bits per heavy atom. The second-order valence-corrected chi connectivity index (χ2v) is 6.27. The van der Waals surface area contributed by atoms with Gasteiger partial charge in [-0.3, -0.25) is 0 Å². The zero-order chi connectivity index (χ0) is 11.3. The molecule has 4 heteroatoms. The van der Waals surface area contributed by atoms with E-state index in [9.17, 15) is 0 Å². The summed E-state index contributed by atoms with van der Waals surface area (Å²) in [4.78, 5) is 5.97. The largest absolute Gasteiger partial charge is 0.315 e. The number of thioether (sulfide) groups is 1. The van der Waals surface area contributed by atoms with Crippen molar-refractivity contribution in [2.24, 2.45) is 0 Å². The quantitative estimate of drug-likeness (QED) is 0.832. The maximum absolute atomic E-state index is 4.59. The molecule has 0 fully saturated rings. The van der Waals surface area contributed by atoms with Gasteiger partial charge in [-0.05, 0) is 20.4 Å². The summed E-state index contributed by atoms with van der Waals surface area (Å²) in [5.41, 5.74) is 1.19. The summed E-state index contributed by atoms with van der Waals surface area (Å²) in [6.07, 6.45) is 1.23. The number of hydrogen-bond donors (Lipinski definition) is 1. The molecule has 1 rings (SSSR count). The average Bonchev–Trinajstić information content (AvgIpc) is 2.57. The zero-order valence-corrected chi connectivity index (χ0v) is 11.6. The summed E-state index contributed by atoms with van der Waals surface area (Å²) >= 11 is 3.84. The number of nitrogens with one attached hydrogen (secondary N) is 1. The molecule has 1 heterocycles. The molecule has 1 N–H and O–H groups in total. The van der Waals surface area contributed by atoms with Gasteiger partial charge in [0.15, 0.2) is 0 Å². The fraction of sp³-hybridized carbons (Fsp3) is 0.727. The van der Waals surface area contributed by atoms with Crippen LogP contribution in [0.25, 0.3) is 0 Å². The Hall–Kier alpha value is -0.0600. The van der Waals surface area contributed by atoms with Gasteiger partial charge in [-0.2, -0.15) is 11.8 Å². The Bertz CT molecular complexity index is 297. The summed E-state index contributed by atoms with van der Waals surface area (Å²) in [6.45, 7) is 7.55. The minimum atomic E-state index is 0.738. The van der Waals surface area contributed by atoms with Gasteiger partial charge in [0, 0.05) is 22.4 Å². The fourth-order valence-corrected chi connectivity index (χ4v) is 3.25. The van der Waals surface area contributed by atoms with E-state index in [1.165, 1.54) is 22.0 Å². The van der Waals surface area contributed by atoms with Crippen LogP contribution in [0, 0.1) is 6.92 Å². The van der Waals surface area contributed by atoms with Crippen LogP contribution in [0.4, 0.5) is 0 Å². The minimum Gasteiger partial charge on any atom is -0.315 e. The summed E-state index contributed by atoms with van der Waals surface area (Å²) in [5, 5.41) is 5.18. The van der Waals surface area contributed by atoms with E-state index in [0.29, 0.717) is 0 Å². The average molecular weight is 244 g/mol. The van der Waals surface area contributed by atoms with Gasteiger partial charge in [0.25, 0.3) is 0 Å². The third-order valence-corrected chi connectivity index (χ3v) is 5.02. The Labute approximate surface area is 101 Å². The molecule has 0 amide bonds. The molecule has 1 aromatic rings. The molecule has 0 radical (unpaired) electrons. The van der Waals surface area contributed by atoms with Crippen molar-refractivity contribution in [3.63, 3.8) is 0 Å². The van der Waals surface area contributed by atoms with Gasteiger partial charge in [0.1, 0.15) is 5.01 Å². The molecule has 0 aromatic carbocycles. The minimum absolute atomic E-state index is 0.738. The van der Waals surface area contributed by atoms with Gasteiger partial charge >= 0.3 is 0 Å². The van der Waals surface area contributed by atoms with E-state index in [1.54, 1.807) is 0 Å². The van der Waals surface area contributed by atoms with E-state index in [-0.39, 0.29) is 0 Å². The van der Waals surface area contributed by atoms with E-state index in [0.717, 1.165) is 17.5 Å². The first kappa shape index (κ1) is 13.0. The number of aryl methyl sites for hydroxylation is 1. The SMILES string of the molecule is CCC(C)SCc1nc(C)c(CNC)s1. The summed E-state index contributed by atoms with van der Waals surface area (Å²) in [5.74, 6) is 1.06. The van der Waals surface area contributed by atoms with Crippen molar-refractivity contribution in [1.82, 2.24) is 10.3 Å². The molecule has 1 aromatic heterocycles. The first-order chi connectivity index (χ1) is 7.17. The number of hydrogen-bond acceptors (Lipinski definition) is 4. The molecule has 15 heavy (non-hydrogen) atoms. The van der Waals surface area contributed by atoms with Crippen molar-refractivity contribution >= 4 is 23.1 Å². The van der Waals surface area contributed by atoms with Gasteiger partial charge in [0.2, 0.25) is 0 Å². The van der Waals surface area contributed by atoms with Crippen molar-refractivity contribution in [1.29, 1.82) is 0 Å². The smallest absolute Gasteiger partial charge is 0.103 e. The van der Waals surface area contributed by atoms with Gasteiger partial charge in [-0.25, -0.2) is 4.98 Å². The van der Waals surface area contributed by atoms with E-state index in [4.69, 9.17) is 0 Å². The van der Waals surface area contributed by atoms with Gasteiger partial charge < -0.3 is 5.32 Å². The second kappa shape index (κ2) is 6.51. The molecule has 2 nitrogen and oxygen atoms in total. The lowest BCUT2D eigenvalue weighted by Crippen LogP contribution is -2.04. The van der Waals surface area contributed by atoms with Crippen LogP contribution in [-0.4, -0.2) is 17.3 Å². The van der Waals surface area contributed by atoms with Crippen LogP contribution in [0.1, 0.15) is 35.8 Å². The molecule has 0 aliphatic carbocycles. The maximum Gasteiger partial charge on any atom is 0.103 e. The summed E-state index contributed by atoms with van der Waals surface area (Å²) < 4.78 is 0. The molecule has 0 aliphatic heterocycles. The first-order valence-electron chi connectivity index (χ1n) is 5.38. The van der Waals surface area contributed by atoms with Gasteiger partial charge in [0.05, 0.1) is 5.69 Å². The highest BCUT2D eigenvalue weighted by atomic mass is 32.2. The Morgan fingerprint density at radius 2 is 2.27 bits per heavy atom. The van der Waals surface area contributed by atoms with E-state index in [2.05, 4.69) is 31.1 Å². The second-order valence-electron chi connectivity index (χ2n) is 3.68. The van der Waals surface area contributed by atoms with Crippen LogP contribution >= 0.6 is 23.1 Å². The number of aromatic nitrogens is 1. The van der Waals surface area contributed by atoms with Crippen molar-refractivity contribution in [2.75, 3.05) is 7.05 Å². The number of rotatable bonds is 6. The monoisotopic (exact) mass is 244 g/mol. The predicted molar refractivity (Wildman–Crippen MR) is 70.7 cm³/mol. The molecule has 1 atom stereocenters. The number of thiazole rings is 1. The summed E-state index contributed by atoms with van der Waals surface area (Å²) in [7, 11) is 1.98. The van der Waals surface area contributed by atoms with Gasteiger partial charge in [-0.1, -0.05) is 13.8 Å². The van der Waals surface area contributed by atoms with Crippen LogP contribution in [-0.2, 0) is 12.3 Å². The topological polar surface area (TPSA) is 24.9 Å².